The summed E-state index contributed by atoms with van der Waals surface area (Å²) >= 11 is 3.09. The summed E-state index contributed by atoms with van der Waals surface area (Å²) < 4.78 is 0. The third-order valence-electron chi connectivity index (χ3n) is 3.44. The van der Waals surface area contributed by atoms with Crippen LogP contribution < -0.4 is 5.32 Å². The monoisotopic (exact) mass is 366 g/mol. The minimum absolute atomic E-state index is 0.0307. The Hall–Kier alpha value is -1.73. The van der Waals surface area contributed by atoms with Gasteiger partial charge in [-0.3, -0.25) is 4.79 Å². The van der Waals surface area contributed by atoms with Gasteiger partial charge in [-0.1, -0.05) is 26.8 Å². The lowest BCUT2D eigenvalue weighted by atomic mass is 9.88. The number of amides is 1. The molecule has 0 fully saturated rings. The molecule has 0 aliphatic rings. The molecule has 0 saturated heterocycles. The van der Waals surface area contributed by atoms with E-state index in [9.17, 15) is 14.7 Å². The molecule has 0 aromatic carbocycles. The van der Waals surface area contributed by atoms with Gasteiger partial charge >= 0.3 is 5.97 Å². The number of carbonyl (C=O) groups is 2. The summed E-state index contributed by atoms with van der Waals surface area (Å²) in [5.41, 5.74) is 0.698. The first-order chi connectivity index (χ1) is 11.2. The summed E-state index contributed by atoms with van der Waals surface area (Å²) in [6.45, 7) is 6.15. The number of nitrogens with one attached hydrogen (secondary N) is 1. The van der Waals surface area contributed by atoms with Crippen molar-refractivity contribution in [3.63, 3.8) is 0 Å². The fourth-order valence-electron chi connectivity index (χ4n) is 2.15. The van der Waals surface area contributed by atoms with Gasteiger partial charge in [0.2, 0.25) is 5.91 Å². The van der Waals surface area contributed by atoms with Crippen molar-refractivity contribution < 1.29 is 14.7 Å². The smallest absolute Gasteiger partial charge is 0.326 e. The average Bonchev–Trinajstić information content (AvgIpc) is 3.12. The van der Waals surface area contributed by atoms with Crippen molar-refractivity contribution in [1.29, 1.82) is 0 Å². The predicted octanol–water partition coefficient (Wildman–Crippen LogP) is 3.81. The van der Waals surface area contributed by atoms with Crippen molar-refractivity contribution in [3.8, 4) is 9.88 Å². The number of carboxylic acid groups (broad SMARTS) is 1. The summed E-state index contributed by atoms with van der Waals surface area (Å²) in [4.78, 5) is 29.0. The number of hydrogen-bond donors (Lipinski definition) is 2. The second-order valence-corrected chi connectivity index (χ2v) is 8.66. The minimum Gasteiger partial charge on any atom is -0.480 e. The van der Waals surface area contributed by atoms with E-state index in [1.807, 2.05) is 22.9 Å². The van der Waals surface area contributed by atoms with Crippen molar-refractivity contribution >= 4 is 34.6 Å². The Balaban J connectivity index is 1.92. The molecule has 2 N–H and O–H groups in total. The van der Waals surface area contributed by atoms with Crippen molar-refractivity contribution in [2.24, 2.45) is 5.41 Å². The third-order valence-corrected chi connectivity index (χ3v) is 5.37. The van der Waals surface area contributed by atoms with E-state index in [2.05, 4.69) is 31.1 Å². The molecule has 24 heavy (non-hydrogen) atoms. The van der Waals surface area contributed by atoms with Gasteiger partial charge in [-0.2, -0.15) is 0 Å². The molecule has 0 aliphatic carbocycles. The summed E-state index contributed by atoms with van der Waals surface area (Å²) in [5, 5.41) is 16.6. The minimum atomic E-state index is -0.995. The number of thiophene rings is 1. The molecule has 2 heterocycles. The molecule has 0 saturated carbocycles. The molecular weight excluding hydrogens is 344 g/mol. The summed E-state index contributed by atoms with van der Waals surface area (Å²) in [6, 6.07) is 3.09. The van der Waals surface area contributed by atoms with E-state index in [0.29, 0.717) is 12.1 Å². The standard InChI is InChI=1S/C17H22N2O3S2/c1-17(2,3)7-6-12(16(21)22)19-14(20)9-11-10-24-15(18-11)13-5-4-8-23-13/h4-5,8,10,12H,6-7,9H2,1-3H3,(H,19,20)(H,21,22). The van der Waals surface area contributed by atoms with Gasteiger partial charge in [0.1, 0.15) is 11.0 Å². The maximum absolute atomic E-state index is 12.1. The quantitative estimate of drug-likeness (QED) is 0.781. The van der Waals surface area contributed by atoms with Crippen molar-refractivity contribution in [2.45, 2.75) is 46.1 Å². The Morgan fingerprint density at radius 2 is 2.08 bits per heavy atom. The van der Waals surface area contributed by atoms with Gasteiger partial charge in [0.05, 0.1) is 17.0 Å². The van der Waals surface area contributed by atoms with Gasteiger partial charge in [-0.05, 0) is 29.7 Å². The molecule has 1 amide bonds. The van der Waals surface area contributed by atoms with Gasteiger partial charge in [-0.15, -0.1) is 22.7 Å². The van der Waals surface area contributed by atoms with E-state index in [0.717, 1.165) is 16.3 Å². The predicted molar refractivity (Wildman–Crippen MR) is 97.4 cm³/mol. The van der Waals surface area contributed by atoms with E-state index < -0.39 is 12.0 Å². The lowest BCUT2D eigenvalue weighted by Gasteiger charge is -2.21. The molecule has 0 bridgehead atoms. The molecule has 0 aliphatic heterocycles. The largest absolute Gasteiger partial charge is 0.480 e. The van der Waals surface area contributed by atoms with Gasteiger partial charge < -0.3 is 10.4 Å². The topological polar surface area (TPSA) is 79.3 Å². The first kappa shape index (κ1) is 18.6. The molecule has 2 aromatic rings. The van der Waals surface area contributed by atoms with Crippen molar-refractivity contribution in [1.82, 2.24) is 10.3 Å². The van der Waals surface area contributed by atoms with E-state index in [1.54, 1.807) is 11.3 Å². The molecule has 2 rings (SSSR count). The van der Waals surface area contributed by atoms with Crippen LogP contribution in [-0.2, 0) is 16.0 Å². The fourth-order valence-corrected chi connectivity index (χ4v) is 3.78. The number of carboxylic acids is 1. The van der Waals surface area contributed by atoms with E-state index in [-0.39, 0.29) is 17.7 Å². The molecule has 5 nitrogen and oxygen atoms in total. The van der Waals surface area contributed by atoms with Crippen LogP contribution in [0, 0.1) is 5.41 Å². The zero-order valence-electron chi connectivity index (χ0n) is 14.0. The Bertz CT molecular complexity index is 687. The van der Waals surface area contributed by atoms with Gasteiger partial charge in [0, 0.05) is 5.38 Å². The van der Waals surface area contributed by atoms with E-state index >= 15 is 0 Å². The second-order valence-electron chi connectivity index (χ2n) is 6.86. The summed E-state index contributed by atoms with van der Waals surface area (Å²) in [5.74, 6) is -1.30. The highest BCUT2D eigenvalue weighted by molar-refractivity contribution is 7.20. The maximum atomic E-state index is 12.1. The Kier molecular flexibility index (Phi) is 6.12. The molecule has 2 aromatic heterocycles. The van der Waals surface area contributed by atoms with Crippen LogP contribution in [0.1, 0.15) is 39.3 Å². The lowest BCUT2D eigenvalue weighted by Crippen LogP contribution is -2.42. The molecule has 1 atom stereocenters. The molecule has 0 radical (unpaired) electrons. The molecule has 130 valence electrons. The van der Waals surface area contributed by atoms with Crippen LogP contribution in [0.3, 0.4) is 0 Å². The van der Waals surface area contributed by atoms with Crippen LogP contribution in [0.5, 0.6) is 0 Å². The number of thiazole rings is 1. The fraction of sp³-hybridized carbons (Fsp3) is 0.471. The van der Waals surface area contributed by atoms with Crippen LogP contribution in [0.4, 0.5) is 0 Å². The third kappa shape index (κ3) is 5.72. The van der Waals surface area contributed by atoms with Gasteiger partial charge in [-0.25, -0.2) is 9.78 Å². The van der Waals surface area contributed by atoms with Gasteiger partial charge in [0.25, 0.3) is 0 Å². The molecular formula is C17H22N2O3S2. The van der Waals surface area contributed by atoms with Crippen molar-refractivity contribution in [2.75, 3.05) is 0 Å². The average molecular weight is 367 g/mol. The summed E-state index contributed by atoms with van der Waals surface area (Å²) in [7, 11) is 0. The van der Waals surface area contributed by atoms with E-state index in [4.69, 9.17) is 0 Å². The highest BCUT2D eigenvalue weighted by atomic mass is 32.1. The molecule has 0 spiro atoms. The first-order valence-corrected chi connectivity index (χ1v) is 9.51. The highest BCUT2D eigenvalue weighted by Gasteiger charge is 2.23. The number of hydrogen-bond acceptors (Lipinski definition) is 5. The highest BCUT2D eigenvalue weighted by Crippen LogP contribution is 2.28. The Labute approximate surface area is 149 Å². The van der Waals surface area contributed by atoms with Crippen LogP contribution in [-0.4, -0.2) is 28.0 Å². The lowest BCUT2D eigenvalue weighted by molar-refractivity contribution is -0.142. The number of aliphatic carboxylic acids is 1. The normalized spacial score (nSPS) is 12.8. The first-order valence-electron chi connectivity index (χ1n) is 7.75. The Morgan fingerprint density at radius 3 is 2.67 bits per heavy atom. The second kappa shape index (κ2) is 7.90. The van der Waals surface area contributed by atoms with Crippen molar-refractivity contribution in [3.05, 3.63) is 28.6 Å². The molecule has 7 heteroatoms. The molecule has 1 unspecified atom stereocenters. The van der Waals surface area contributed by atoms with Crippen LogP contribution in [0.2, 0.25) is 0 Å². The SMILES string of the molecule is CC(C)(C)CCC(NC(=O)Cc1csc(-c2cccs2)n1)C(=O)O. The number of aromatic nitrogens is 1. The number of rotatable bonds is 7. The van der Waals surface area contributed by atoms with Crippen LogP contribution in [0.15, 0.2) is 22.9 Å². The number of carbonyl (C=O) groups excluding carboxylic acids is 1. The zero-order valence-corrected chi connectivity index (χ0v) is 15.7. The number of nitrogens with zero attached hydrogens (tertiary/aromatic N) is 1. The van der Waals surface area contributed by atoms with Crippen LogP contribution in [0.25, 0.3) is 9.88 Å². The zero-order chi connectivity index (χ0) is 17.7. The van der Waals surface area contributed by atoms with E-state index in [1.165, 1.54) is 11.3 Å². The maximum Gasteiger partial charge on any atom is 0.326 e. The summed E-state index contributed by atoms with van der Waals surface area (Å²) in [6.07, 6.45) is 1.24. The Morgan fingerprint density at radius 1 is 1.33 bits per heavy atom. The van der Waals surface area contributed by atoms with Crippen LogP contribution >= 0.6 is 22.7 Å². The van der Waals surface area contributed by atoms with Gasteiger partial charge in [0.15, 0.2) is 0 Å².